The molecular formula is C9H17N3O4. The van der Waals surface area contributed by atoms with Crippen LogP contribution in [0.1, 0.15) is 19.8 Å². The molecule has 7 heteroatoms. The predicted octanol–water partition coefficient (Wildman–Crippen LogP) is -0.560. The Kier molecular flexibility index (Phi) is 4.51. The number of hydrogen-bond acceptors (Lipinski definition) is 5. The Morgan fingerprint density at radius 2 is 2.38 bits per heavy atom. The van der Waals surface area contributed by atoms with Crippen molar-refractivity contribution in [2.75, 3.05) is 13.2 Å². The van der Waals surface area contributed by atoms with E-state index in [1.165, 1.54) is 0 Å². The largest absolute Gasteiger partial charge is 0.450 e. The van der Waals surface area contributed by atoms with Crippen molar-refractivity contribution < 1.29 is 19.5 Å². The van der Waals surface area contributed by atoms with E-state index in [4.69, 9.17) is 15.7 Å². The molecule has 0 aromatic heterocycles. The van der Waals surface area contributed by atoms with Crippen LogP contribution in [-0.2, 0) is 9.53 Å². The van der Waals surface area contributed by atoms with E-state index < -0.39 is 24.1 Å². The Hall–Kier alpha value is -1.34. The van der Waals surface area contributed by atoms with Gasteiger partial charge in [0.15, 0.2) is 0 Å². The van der Waals surface area contributed by atoms with E-state index in [-0.39, 0.29) is 6.54 Å². The highest BCUT2D eigenvalue weighted by atomic mass is 16.6. The van der Waals surface area contributed by atoms with Gasteiger partial charge in [0.25, 0.3) is 5.91 Å². The molecule has 0 radical (unpaired) electrons. The molecule has 0 aliphatic carbocycles. The van der Waals surface area contributed by atoms with Gasteiger partial charge >= 0.3 is 6.09 Å². The quantitative estimate of drug-likeness (QED) is 0.334. The molecule has 0 aromatic carbocycles. The number of hydrogen-bond donors (Lipinski definition) is 3. The summed E-state index contributed by atoms with van der Waals surface area (Å²) < 4.78 is 4.82. The van der Waals surface area contributed by atoms with Gasteiger partial charge in [0.1, 0.15) is 12.1 Å². The maximum absolute atomic E-state index is 11.2. The minimum atomic E-state index is -0.774. The van der Waals surface area contributed by atoms with Crippen LogP contribution in [0.2, 0.25) is 0 Å². The summed E-state index contributed by atoms with van der Waals surface area (Å²) in [5.41, 5.74) is 5.33. The molecule has 0 aromatic rings. The fourth-order valence-electron chi connectivity index (χ4n) is 1.40. The maximum Gasteiger partial charge on any atom is 0.407 e. The second-order valence-electron chi connectivity index (χ2n) is 3.60. The number of unbranched alkanes of at least 4 members (excludes halogenated alkanes) is 1. The summed E-state index contributed by atoms with van der Waals surface area (Å²) in [6, 6.07) is -1.34. The summed E-state index contributed by atoms with van der Waals surface area (Å²) >= 11 is 0. The molecular weight excluding hydrogens is 214 g/mol. The Morgan fingerprint density at radius 1 is 1.69 bits per heavy atom. The summed E-state index contributed by atoms with van der Waals surface area (Å²) in [6.07, 6.45) is 1.04. The number of nitrogens with two attached hydrogens (primary N) is 1. The molecule has 0 spiro atoms. The zero-order valence-electron chi connectivity index (χ0n) is 9.18. The van der Waals surface area contributed by atoms with Crippen molar-refractivity contribution >= 4 is 12.0 Å². The van der Waals surface area contributed by atoms with E-state index in [0.29, 0.717) is 11.7 Å². The first-order chi connectivity index (χ1) is 7.61. The molecule has 1 rings (SSSR count). The van der Waals surface area contributed by atoms with Gasteiger partial charge in [0.2, 0.25) is 0 Å². The van der Waals surface area contributed by atoms with E-state index >= 15 is 0 Å². The standard InChI is InChI=1S/C9H17N3O4/c1-2-3-4-16-9(14)11-7-6(5-10)12(15)8(7)13/h6-7,15H,2-5,10H2,1H3,(H,11,14)/t6-,7-/m0/s1. The van der Waals surface area contributed by atoms with E-state index in [1.54, 1.807) is 0 Å². The highest BCUT2D eigenvalue weighted by molar-refractivity contribution is 5.91. The van der Waals surface area contributed by atoms with Crippen molar-refractivity contribution in [1.29, 1.82) is 0 Å². The van der Waals surface area contributed by atoms with Crippen LogP contribution in [0.15, 0.2) is 0 Å². The van der Waals surface area contributed by atoms with Crippen LogP contribution in [0, 0.1) is 0 Å². The molecule has 1 heterocycles. The topological polar surface area (TPSA) is 105 Å². The highest BCUT2D eigenvalue weighted by Gasteiger charge is 2.47. The molecule has 2 atom stereocenters. The number of amides is 2. The van der Waals surface area contributed by atoms with Gasteiger partial charge in [0.05, 0.1) is 6.61 Å². The normalized spacial score (nSPS) is 23.9. The van der Waals surface area contributed by atoms with Crippen molar-refractivity contribution in [3.63, 3.8) is 0 Å². The summed E-state index contributed by atoms with van der Waals surface area (Å²) in [4.78, 5) is 22.4. The van der Waals surface area contributed by atoms with Gasteiger partial charge in [-0.3, -0.25) is 10.0 Å². The lowest BCUT2D eigenvalue weighted by atomic mass is 9.99. The average Bonchev–Trinajstić information content (AvgIpc) is 2.28. The molecule has 1 saturated heterocycles. The van der Waals surface area contributed by atoms with Gasteiger partial charge in [-0.25, -0.2) is 9.86 Å². The van der Waals surface area contributed by atoms with Crippen molar-refractivity contribution in [3.05, 3.63) is 0 Å². The number of nitrogens with one attached hydrogen (secondary N) is 1. The first-order valence-electron chi connectivity index (χ1n) is 5.27. The highest BCUT2D eigenvalue weighted by Crippen LogP contribution is 2.16. The maximum atomic E-state index is 11.2. The van der Waals surface area contributed by atoms with Crippen LogP contribution < -0.4 is 11.1 Å². The summed E-state index contributed by atoms with van der Waals surface area (Å²) in [5, 5.41) is 12.0. The van der Waals surface area contributed by atoms with Gasteiger partial charge in [-0.1, -0.05) is 13.3 Å². The number of β-lactam (4-membered cyclic amide) rings is 1. The summed E-state index contributed by atoms with van der Waals surface area (Å²) in [6.45, 7) is 2.38. The van der Waals surface area contributed by atoms with Crippen LogP contribution in [0.3, 0.4) is 0 Å². The molecule has 0 saturated carbocycles. The van der Waals surface area contributed by atoms with Crippen molar-refractivity contribution in [2.24, 2.45) is 5.73 Å². The lowest BCUT2D eigenvalue weighted by Gasteiger charge is -2.41. The molecule has 1 aliphatic rings. The second kappa shape index (κ2) is 5.66. The monoisotopic (exact) mass is 231 g/mol. The van der Waals surface area contributed by atoms with Crippen molar-refractivity contribution in [1.82, 2.24) is 10.4 Å². The van der Waals surface area contributed by atoms with Crippen LogP contribution in [0.4, 0.5) is 4.79 Å². The van der Waals surface area contributed by atoms with E-state index in [9.17, 15) is 9.59 Å². The van der Waals surface area contributed by atoms with Gasteiger partial charge in [-0.05, 0) is 6.42 Å². The molecule has 7 nitrogen and oxygen atoms in total. The van der Waals surface area contributed by atoms with Gasteiger partial charge in [0, 0.05) is 6.54 Å². The van der Waals surface area contributed by atoms with Crippen molar-refractivity contribution in [2.45, 2.75) is 31.8 Å². The summed E-state index contributed by atoms with van der Waals surface area (Å²) in [5.74, 6) is -0.567. The molecule has 2 amide bonds. The lowest BCUT2D eigenvalue weighted by Crippen LogP contribution is -2.71. The molecule has 0 bridgehead atoms. The minimum Gasteiger partial charge on any atom is -0.450 e. The number of nitrogens with zero attached hydrogens (tertiary/aromatic N) is 1. The SMILES string of the molecule is CCCCOC(=O)N[C@@H]1C(=O)N(O)[C@H]1CN. The zero-order valence-corrected chi connectivity index (χ0v) is 9.18. The van der Waals surface area contributed by atoms with E-state index in [2.05, 4.69) is 5.32 Å². The van der Waals surface area contributed by atoms with E-state index in [1.807, 2.05) is 6.92 Å². The first-order valence-corrected chi connectivity index (χ1v) is 5.27. The smallest absolute Gasteiger partial charge is 0.407 e. The second-order valence-corrected chi connectivity index (χ2v) is 3.60. The predicted molar refractivity (Wildman–Crippen MR) is 54.7 cm³/mol. The van der Waals surface area contributed by atoms with E-state index in [0.717, 1.165) is 12.8 Å². The Balaban J connectivity index is 2.31. The van der Waals surface area contributed by atoms with Gasteiger partial charge in [-0.2, -0.15) is 0 Å². The van der Waals surface area contributed by atoms with Crippen LogP contribution >= 0.6 is 0 Å². The molecule has 0 unspecified atom stereocenters. The third-order valence-electron chi connectivity index (χ3n) is 2.44. The van der Waals surface area contributed by atoms with Crippen LogP contribution in [0.25, 0.3) is 0 Å². The zero-order chi connectivity index (χ0) is 12.1. The molecule has 4 N–H and O–H groups in total. The molecule has 1 aliphatic heterocycles. The minimum absolute atomic E-state index is 0.0855. The number of alkyl carbamates (subject to hydrolysis) is 1. The number of carbonyl (C=O) groups excluding carboxylic acids is 2. The molecule has 1 fully saturated rings. The average molecular weight is 231 g/mol. The molecule has 16 heavy (non-hydrogen) atoms. The van der Waals surface area contributed by atoms with Crippen LogP contribution in [-0.4, -0.2) is 47.5 Å². The lowest BCUT2D eigenvalue weighted by molar-refractivity contribution is -0.207. The summed E-state index contributed by atoms with van der Waals surface area (Å²) in [7, 11) is 0. The number of ether oxygens (including phenoxy) is 1. The Labute approximate surface area is 93.5 Å². The molecule has 92 valence electrons. The fraction of sp³-hybridized carbons (Fsp3) is 0.778. The third-order valence-corrected chi connectivity index (χ3v) is 2.44. The number of carbonyl (C=O) groups is 2. The number of hydroxylamine groups is 2. The fourth-order valence-corrected chi connectivity index (χ4v) is 1.40. The first kappa shape index (κ1) is 12.7. The number of rotatable bonds is 5. The third kappa shape index (κ3) is 2.61. The van der Waals surface area contributed by atoms with Crippen LogP contribution in [0.5, 0.6) is 0 Å². The Bertz CT molecular complexity index is 271. The van der Waals surface area contributed by atoms with Gasteiger partial charge < -0.3 is 15.8 Å². The Morgan fingerprint density at radius 3 is 2.94 bits per heavy atom. The van der Waals surface area contributed by atoms with Gasteiger partial charge in [-0.15, -0.1) is 0 Å². The van der Waals surface area contributed by atoms with Crippen molar-refractivity contribution in [3.8, 4) is 0 Å².